The molecule has 0 aliphatic rings. The van der Waals surface area contributed by atoms with E-state index in [2.05, 4.69) is 5.32 Å². The van der Waals surface area contributed by atoms with Crippen molar-refractivity contribution < 1.29 is 18.8 Å². The molecular weight excluding hydrogens is 231 g/mol. The summed E-state index contributed by atoms with van der Waals surface area (Å²) in [5.74, 6) is -1.32. The first-order valence-electron chi connectivity index (χ1n) is 4.73. The first-order chi connectivity index (χ1) is 7.95. The highest BCUT2D eigenvalue weighted by atomic mass is 19.1. The number of ether oxygens (including phenoxy) is 1. The molecule has 0 heterocycles. The lowest BCUT2D eigenvalue weighted by molar-refractivity contribution is -0.384. The van der Waals surface area contributed by atoms with Gasteiger partial charge < -0.3 is 10.1 Å². The Bertz CT molecular complexity index is 450. The summed E-state index contributed by atoms with van der Waals surface area (Å²) in [5, 5.41) is 12.7. The van der Waals surface area contributed by atoms with E-state index in [1.54, 1.807) is 0 Å². The lowest BCUT2D eigenvalue weighted by Gasteiger charge is -2.10. The van der Waals surface area contributed by atoms with Gasteiger partial charge in [0.05, 0.1) is 10.6 Å². The second-order valence-corrected chi connectivity index (χ2v) is 3.29. The lowest BCUT2D eigenvalue weighted by atomic mass is 10.2. The van der Waals surface area contributed by atoms with Gasteiger partial charge in [0.1, 0.15) is 11.9 Å². The fraction of sp³-hybridized carbons (Fsp3) is 0.300. The number of nitrogens with one attached hydrogen (secondary N) is 1. The third-order valence-electron chi connectivity index (χ3n) is 2.14. The highest BCUT2D eigenvalue weighted by molar-refractivity contribution is 5.94. The van der Waals surface area contributed by atoms with Gasteiger partial charge in [0.25, 0.3) is 11.6 Å². The molecule has 0 spiro atoms. The highest BCUT2D eigenvalue weighted by Crippen LogP contribution is 2.21. The van der Waals surface area contributed by atoms with Crippen LogP contribution in [0.4, 0.5) is 15.8 Å². The Labute approximate surface area is 96.5 Å². The third-order valence-corrected chi connectivity index (χ3v) is 2.14. The fourth-order valence-electron chi connectivity index (χ4n) is 1.06. The van der Waals surface area contributed by atoms with Crippen molar-refractivity contribution in [3.05, 3.63) is 34.1 Å². The Kier molecular flexibility index (Phi) is 4.11. The van der Waals surface area contributed by atoms with Crippen LogP contribution in [0.1, 0.15) is 6.92 Å². The molecular formula is C10H11FN2O4. The van der Waals surface area contributed by atoms with Crippen LogP contribution in [0.25, 0.3) is 0 Å². The van der Waals surface area contributed by atoms with Gasteiger partial charge in [-0.25, -0.2) is 4.39 Å². The van der Waals surface area contributed by atoms with Gasteiger partial charge in [-0.3, -0.25) is 14.9 Å². The van der Waals surface area contributed by atoms with Crippen LogP contribution >= 0.6 is 0 Å². The molecule has 0 fully saturated rings. The molecule has 0 saturated carbocycles. The van der Waals surface area contributed by atoms with Crippen LogP contribution in [-0.4, -0.2) is 24.0 Å². The SMILES string of the molecule is COC(C)C(=O)Nc1cc([N+](=O)[O-])ccc1F. The number of halogens is 1. The maximum absolute atomic E-state index is 13.3. The average molecular weight is 242 g/mol. The molecule has 0 aliphatic heterocycles. The van der Waals surface area contributed by atoms with Crippen LogP contribution in [-0.2, 0) is 9.53 Å². The molecule has 92 valence electrons. The van der Waals surface area contributed by atoms with Gasteiger partial charge in [-0.15, -0.1) is 0 Å². The fourth-order valence-corrected chi connectivity index (χ4v) is 1.06. The molecule has 0 aromatic heterocycles. The van der Waals surface area contributed by atoms with Crippen LogP contribution in [0.5, 0.6) is 0 Å². The Morgan fingerprint density at radius 2 is 2.24 bits per heavy atom. The topological polar surface area (TPSA) is 81.5 Å². The van der Waals surface area contributed by atoms with E-state index in [1.165, 1.54) is 14.0 Å². The summed E-state index contributed by atoms with van der Waals surface area (Å²) >= 11 is 0. The molecule has 1 aromatic carbocycles. The molecule has 0 radical (unpaired) electrons. The normalized spacial score (nSPS) is 11.9. The minimum Gasteiger partial charge on any atom is -0.372 e. The molecule has 1 amide bonds. The first kappa shape index (κ1) is 13.0. The molecule has 7 heteroatoms. The summed E-state index contributed by atoms with van der Waals surface area (Å²) in [6, 6.07) is 2.89. The van der Waals surface area contributed by atoms with Gasteiger partial charge >= 0.3 is 0 Å². The molecule has 1 atom stereocenters. The molecule has 1 aromatic rings. The van der Waals surface area contributed by atoms with Crippen molar-refractivity contribution in [3.8, 4) is 0 Å². The van der Waals surface area contributed by atoms with Gasteiger partial charge in [-0.2, -0.15) is 0 Å². The highest BCUT2D eigenvalue weighted by Gasteiger charge is 2.16. The number of carbonyl (C=O) groups is 1. The maximum Gasteiger partial charge on any atom is 0.271 e. The van der Waals surface area contributed by atoms with Crippen molar-refractivity contribution in [2.75, 3.05) is 12.4 Å². The predicted molar refractivity (Wildman–Crippen MR) is 58.2 cm³/mol. The van der Waals surface area contributed by atoms with Gasteiger partial charge in [0.2, 0.25) is 0 Å². The number of benzene rings is 1. The minimum absolute atomic E-state index is 0.242. The second-order valence-electron chi connectivity index (χ2n) is 3.29. The maximum atomic E-state index is 13.3. The van der Waals surface area contributed by atoms with Crippen molar-refractivity contribution in [2.24, 2.45) is 0 Å². The Balaban J connectivity index is 2.94. The minimum atomic E-state index is -0.770. The number of nitro benzene ring substituents is 1. The molecule has 1 unspecified atom stereocenters. The second kappa shape index (κ2) is 5.35. The molecule has 1 N–H and O–H groups in total. The molecule has 0 saturated heterocycles. The molecule has 0 bridgehead atoms. The number of amides is 1. The van der Waals surface area contributed by atoms with Gasteiger partial charge in [-0.1, -0.05) is 0 Å². The number of non-ortho nitro benzene ring substituents is 1. The number of carbonyl (C=O) groups excluding carboxylic acids is 1. The third kappa shape index (κ3) is 3.22. The molecule has 17 heavy (non-hydrogen) atoms. The smallest absolute Gasteiger partial charge is 0.271 e. The number of nitro groups is 1. The zero-order chi connectivity index (χ0) is 13.0. The van der Waals surface area contributed by atoms with Crippen LogP contribution in [0.3, 0.4) is 0 Å². The molecule has 6 nitrogen and oxygen atoms in total. The van der Waals surface area contributed by atoms with E-state index < -0.39 is 22.8 Å². The largest absolute Gasteiger partial charge is 0.372 e. The van der Waals surface area contributed by atoms with Crippen LogP contribution in [0, 0.1) is 15.9 Å². The van der Waals surface area contributed by atoms with Crippen LogP contribution in [0.15, 0.2) is 18.2 Å². The zero-order valence-electron chi connectivity index (χ0n) is 9.27. The van der Waals surface area contributed by atoms with Crippen LogP contribution < -0.4 is 5.32 Å². The Morgan fingerprint density at radius 1 is 1.59 bits per heavy atom. The standard InChI is InChI=1S/C10H11FN2O4/c1-6(17-2)10(14)12-9-5-7(13(15)16)3-4-8(9)11/h3-6H,1-2H3,(H,12,14). The quantitative estimate of drug-likeness (QED) is 0.643. The monoisotopic (exact) mass is 242 g/mol. The first-order valence-corrected chi connectivity index (χ1v) is 4.73. The summed E-state index contributed by atoms with van der Waals surface area (Å²) in [6.45, 7) is 1.48. The van der Waals surface area contributed by atoms with E-state index in [4.69, 9.17) is 4.74 Å². The van der Waals surface area contributed by atoms with Gasteiger partial charge in [-0.05, 0) is 13.0 Å². The zero-order valence-corrected chi connectivity index (χ0v) is 9.27. The molecule has 0 aliphatic carbocycles. The van der Waals surface area contributed by atoms with Gasteiger partial charge in [0.15, 0.2) is 0 Å². The van der Waals surface area contributed by atoms with E-state index in [0.29, 0.717) is 0 Å². The van der Waals surface area contributed by atoms with Gasteiger partial charge in [0, 0.05) is 19.2 Å². The van der Waals surface area contributed by atoms with E-state index in [9.17, 15) is 19.3 Å². The number of hydrogen-bond donors (Lipinski definition) is 1. The number of anilines is 1. The van der Waals surface area contributed by atoms with Crippen molar-refractivity contribution in [1.29, 1.82) is 0 Å². The number of methoxy groups -OCH3 is 1. The Morgan fingerprint density at radius 3 is 2.76 bits per heavy atom. The predicted octanol–water partition coefficient (Wildman–Crippen LogP) is 1.71. The van der Waals surface area contributed by atoms with Crippen molar-refractivity contribution >= 4 is 17.3 Å². The number of rotatable bonds is 4. The van der Waals surface area contributed by atoms with Crippen molar-refractivity contribution in [1.82, 2.24) is 0 Å². The van der Waals surface area contributed by atoms with E-state index in [0.717, 1.165) is 18.2 Å². The van der Waals surface area contributed by atoms with Crippen molar-refractivity contribution in [3.63, 3.8) is 0 Å². The summed E-state index contributed by atoms with van der Waals surface area (Å²) in [4.78, 5) is 21.2. The number of hydrogen-bond acceptors (Lipinski definition) is 4. The molecule has 1 rings (SSSR count). The van der Waals surface area contributed by atoms with Crippen molar-refractivity contribution in [2.45, 2.75) is 13.0 Å². The van der Waals surface area contributed by atoms with Crippen LogP contribution in [0.2, 0.25) is 0 Å². The summed E-state index contributed by atoms with van der Waals surface area (Å²) in [6.07, 6.45) is -0.770. The number of nitrogens with zero attached hydrogens (tertiary/aromatic N) is 1. The lowest BCUT2D eigenvalue weighted by Crippen LogP contribution is -2.26. The Hall–Kier alpha value is -2.02. The van der Waals surface area contributed by atoms with E-state index >= 15 is 0 Å². The average Bonchev–Trinajstić information content (AvgIpc) is 2.30. The summed E-state index contributed by atoms with van der Waals surface area (Å²) < 4.78 is 18.0. The summed E-state index contributed by atoms with van der Waals surface area (Å²) in [7, 11) is 1.33. The van der Waals surface area contributed by atoms with E-state index in [1.807, 2.05) is 0 Å². The summed E-state index contributed by atoms with van der Waals surface area (Å²) in [5.41, 5.74) is -0.542. The van der Waals surface area contributed by atoms with E-state index in [-0.39, 0.29) is 11.4 Å².